The second kappa shape index (κ2) is 7.12. The summed E-state index contributed by atoms with van der Waals surface area (Å²) in [5, 5.41) is 0. The number of hydrogen-bond acceptors (Lipinski definition) is 5. The Morgan fingerprint density at radius 1 is 1.25 bits per heavy atom. The van der Waals surface area contributed by atoms with Crippen LogP contribution in [-0.2, 0) is 21.3 Å². The van der Waals surface area contributed by atoms with Gasteiger partial charge in [-0.1, -0.05) is 0 Å². The topological polar surface area (TPSA) is 48.8 Å². The van der Waals surface area contributed by atoms with Gasteiger partial charge in [0.05, 0.1) is 12.2 Å². The SMILES string of the molecule is Cn1ccnc1[C@@H]1OCCC[C@H]1CN1CCOC2(CCOCC2)C1. The van der Waals surface area contributed by atoms with Gasteiger partial charge in [0.15, 0.2) is 0 Å². The number of aromatic nitrogens is 2. The van der Waals surface area contributed by atoms with Crippen LogP contribution in [0.3, 0.4) is 0 Å². The molecule has 1 spiro atoms. The Morgan fingerprint density at radius 2 is 2.12 bits per heavy atom. The Balaban J connectivity index is 1.43. The van der Waals surface area contributed by atoms with E-state index >= 15 is 0 Å². The lowest BCUT2D eigenvalue weighted by Gasteiger charge is -2.46. The molecule has 24 heavy (non-hydrogen) atoms. The van der Waals surface area contributed by atoms with Crippen LogP contribution < -0.4 is 0 Å². The normalized spacial score (nSPS) is 31.4. The van der Waals surface area contributed by atoms with Crippen LogP contribution in [0.5, 0.6) is 0 Å². The molecule has 3 saturated heterocycles. The zero-order chi connectivity index (χ0) is 16.4. The Hall–Kier alpha value is -0.950. The van der Waals surface area contributed by atoms with E-state index in [1.165, 1.54) is 6.42 Å². The predicted octanol–water partition coefficient (Wildman–Crippen LogP) is 1.77. The number of rotatable bonds is 3. The summed E-state index contributed by atoms with van der Waals surface area (Å²) in [5.41, 5.74) is 0.0186. The molecule has 4 heterocycles. The van der Waals surface area contributed by atoms with Crippen LogP contribution in [0.1, 0.15) is 37.6 Å². The Bertz CT molecular complexity index is 536. The smallest absolute Gasteiger partial charge is 0.137 e. The Kier molecular flexibility index (Phi) is 4.90. The molecule has 3 fully saturated rings. The fraction of sp³-hybridized carbons (Fsp3) is 0.833. The van der Waals surface area contributed by atoms with Crippen LogP contribution in [-0.4, -0.2) is 66.1 Å². The number of aryl methyl sites for hydroxylation is 1. The summed E-state index contributed by atoms with van der Waals surface area (Å²) >= 11 is 0. The van der Waals surface area contributed by atoms with Crippen molar-refractivity contribution < 1.29 is 14.2 Å². The van der Waals surface area contributed by atoms with Crippen molar-refractivity contribution in [3.8, 4) is 0 Å². The van der Waals surface area contributed by atoms with Gasteiger partial charge in [-0.2, -0.15) is 0 Å². The molecule has 6 nitrogen and oxygen atoms in total. The van der Waals surface area contributed by atoms with Gasteiger partial charge in [-0.25, -0.2) is 4.98 Å². The molecule has 6 heteroatoms. The summed E-state index contributed by atoms with van der Waals surface area (Å²) in [6.07, 6.45) is 8.40. The van der Waals surface area contributed by atoms with Crippen molar-refractivity contribution in [3.05, 3.63) is 18.2 Å². The van der Waals surface area contributed by atoms with Crippen molar-refractivity contribution in [1.82, 2.24) is 14.5 Å². The number of imidazole rings is 1. The number of morpholine rings is 1. The molecule has 0 radical (unpaired) electrons. The van der Waals surface area contributed by atoms with Gasteiger partial charge in [0.25, 0.3) is 0 Å². The summed E-state index contributed by atoms with van der Waals surface area (Å²) in [5.74, 6) is 1.57. The highest BCUT2D eigenvalue weighted by Crippen LogP contribution is 2.35. The summed E-state index contributed by atoms with van der Waals surface area (Å²) in [6.45, 7) is 6.46. The third kappa shape index (κ3) is 3.38. The van der Waals surface area contributed by atoms with Gasteiger partial charge in [-0.05, 0) is 12.8 Å². The van der Waals surface area contributed by atoms with Gasteiger partial charge in [-0.15, -0.1) is 0 Å². The molecular weight excluding hydrogens is 306 g/mol. The van der Waals surface area contributed by atoms with Crippen LogP contribution in [0.15, 0.2) is 12.4 Å². The van der Waals surface area contributed by atoms with Gasteiger partial charge < -0.3 is 18.8 Å². The molecule has 0 amide bonds. The molecule has 0 saturated carbocycles. The van der Waals surface area contributed by atoms with Gasteiger partial charge >= 0.3 is 0 Å². The first-order valence-corrected chi connectivity index (χ1v) is 9.29. The molecule has 134 valence electrons. The van der Waals surface area contributed by atoms with E-state index in [0.717, 1.165) is 71.1 Å². The van der Waals surface area contributed by atoms with Gasteiger partial charge in [0, 0.05) is 77.7 Å². The van der Waals surface area contributed by atoms with E-state index in [1.807, 2.05) is 12.4 Å². The minimum Gasteiger partial charge on any atom is -0.381 e. The zero-order valence-corrected chi connectivity index (χ0v) is 14.7. The second-order valence-electron chi connectivity index (χ2n) is 7.47. The van der Waals surface area contributed by atoms with E-state index < -0.39 is 0 Å². The minimum absolute atomic E-state index is 0.0186. The van der Waals surface area contributed by atoms with Gasteiger partial charge in [-0.3, -0.25) is 4.90 Å². The summed E-state index contributed by atoms with van der Waals surface area (Å²) < 4.78 is 19.9. The quantitative estimate of drug-likeness (QED) is 0.842. The third-order valence-electron chi connectivity index (χ3n) is 5.78. The van der Waals surface area contributed by atoms with E-state index in [0.29, 0.717) is 5.92 Å². The maximum atomic E-state index is 6.17. The van der Waals surface area contributed by atoms with Gasteiger partial charge in [0.1, 0.15) is 11.9 Å². The third-order valence-corrected chi connectivity index (χ3v) is 5.78. The second-order valence-corrected chi connectivity index (χ2v) is 7.47. The molecule has 0 aromatic carbocycles. The molecule has 1 aromatic heterocycles. The number of hydrogen-bond donors (Lipinski definition) is 0. The number of nitrogens with zero attached hydrogens (tertiary/aromatic N) is 3. The summed E-state index contributed by atoms with van der Waals surface area (Å²) in [4.78, 5) is 7.13. The van der Waals surface area contributed by atoms with E-state index in [1.54, 1.807) is 0 Å². The lowest BCUT2D eigenvalue weighted by atomic mass is 9.89. The van der Waals surface area contributed by atoms with E-state index in [4.69, 9.17) is 14.2 Å². The molecule has 0 aliphatic carbocycles. The van der Waals surface area contributed by atoms with Crippen LogP contribution >= 0.6 is 0 Å². The van der Waals surface area contributed by atoms with Crippen LogP contribution in [0, 0.1) is 5.92 Å². The average Bonchev–Trinajstić information content (AvgIpc) is 3.02. The molecule has 4 rings (SSSR count). The molecule has 0 unspecified atom stereocenters. The molecular formula is C18H29N3O3. The monoisotopic (exact) mass is 335 g/mol. The largest absolute Gasteiger partial charge is 0.381 e. The molecule has 1 aromatic rings. The average molecular weight is 335 g/mol. The minimum atomic E-state index is 0.0186. The van der Waals surface area contributed by atoms with Crippen molar-refractivity contribution in [1.29, 1.82) is 0 Å². The maximum Gasteiger partial charge on any atom is 0.137 e. The van der Waals surface area contributed by atoms with E-state index in [9.17, 15) is 0 Å². The summed E-state index contributed by atoms with van der Waals surface area (Å²) in [7, 11) is 2.06. The lowest BCUT2D eigenvalue weighted by Crippen LogP contribution is -2.55. The van der Waals surface area contributed by atoms with Crippen molar-refractivity contribution in [2.45, 2.75) is 37.4 Å². The summed E-state index contributed by atoms with van der Waals surface area (Å²) in [6, 6.07) is 0. The van der Waals surface area contributed by atoms with Crippen molar-refractivity contribution >= 4 is 0 Å². The first-order chi connectivity index (χ1) is 11.8. The Morgan fingerprint density at radius 3 is 2.92 bits per heavy atom. The van der Waals surface area contributed by atoms with Crippen LogP contribution in [0.4, 0.5) is 0 Å². The molecule has 3 aliphatic rings. The zero-order valence-electron chi connectivity index (χ0n) is 14.7. The highest BCUT2D eigenvalue weighted by molar-refractivity contribution is 5.00. The fourth-order valence-electron chi connectivity index (χ4n) is 4.42. The lowest BCUT2D eigenvalue weighted by molar-refractivity contribution is -0.159. The first kappa shape index (κ1) is 16.5. The highest BCUT2D eigenvalue weighted by atomic mass is 16.5. The predicted molar refractivity (Wildman–Crippen MR) is 89.8 cm³/mol. The van der Waals surface area contributed by atoms with E-state index in [-0.39, 0.29) is 11.7 Å². The molecule has 2 atom stereocenters. The number of ether oxygens (including phenoxy) is 3. The molecule has 0 N–H and O–H groups in total. The maximum absolute atomic E-state index is 6.17. The van der Waals surface area contributed by atoms with E-state index in [2.05, 4.69) is 21.5 Å². The van der Waals surface area contributed by atoms with Gasteiger partial charge in [0.2, 0.25) is 0 Å². The molecule has 3 aliphatic heterocycles. The van der Waals surface area contributed by atoms with Crippen LogP contribution in [0.25, 0.3) is 0 Å². The molecule has 0 bridgehead atoms. The van der Waals surface area contributed by atoms with Crippen molar-refractivity contribution in [2.24, 2.45) is 13.0 Å². The highest BCUT2D eigenvalue weighted by Gasteiger charge is 2.40. The van der Waals surface area contributed by atoms with Crippen LogP contribution in [0.2, 0.25) is 0 Å². The van der Waals surface area contributed by atoms with Crippen molar-refractivity contribution in [2.75, 3.05) is 46.1 Å². The standard InChI is InChI=1S/C18H29N3O3/c1-20-7-6-19-17(20)16-15(3-2-9-23-16)13-21-8-12-24-18(14-21)4-10-22-11-5-18/h6-7,15-16H,2-5,8-14H2,1H3/t15-,16+/m0/s1. The first-order valence-electron chi connectivity index (χ1n) is 9.29. The van der Waals surface area contributed by atoms with Crippen molar-refractivity contribution in [3.63, 3.8) is 0 Å². The fourth-order valence-corrected chi connectivity index (χ4v) is 4.42. The Labute approximate surface area is 144 Å².